The second kappa shape index (κ2) is 7.52. The van der Waals surface area contributed by atoms with Crippen molar-refractivity contribution >= 4 is 34.8 Å². The van der Waals surface area contributed by atoms with E-state index in [9.17, 15) is 0 Å². The number of halogens is 3. The fraction of sp³-hybridized carbons (Fsp3) is 0.625. The summed E-state index contributed by atoms with van der Waals surface area (Å²) in [5, 5.41) is 5.31. The van der Waals surface area contributed by atoms with Crippen molar-refractivity contribution in [2.45, 2.75) is 44.2 Å². The third kappa shape index (κ3) is 4.05. The lowest BCUT2D eigenvalue weighted by Crippen LogP contribution is -2.52. The molecule has 118 valence electrons. The zero-order chi connectivity index (χ0) is 15.5. The van der Waals surface area contributed by atoms with Crippen molar-refractivity contribution in [2.75, 3.05) is 20.6 Å². The zero-order valence-corrected chi connectivity index (χ0v) is 15.0. The highest BCUT2D eigenvalue weighted by molar-refractivity contribution is 6.44. The number of benzene rings is 1. The first kappa shape index (κ1) is 17.4. The molecule has 0 unspecified atom stereocenters. The third-order valence-electron chi connectivity index (χ3n) is 4.63. The SMILES string of the molecule is CN(C)C1(CNCc2c(Cl)ccc(Cl)c2Cl)CCCCC1. The van der Waals surface area contributed by atoms with Crippen LogP contribution in [0.25, 0.3) is 0 Å². The van der Waals surface area contributed by atoms with Crippen LogP contribution < -0.4 is 5.32 Å². The molecule has 1 aromatic carbocycles. The molecule has 0 amide bonds. The van der Waals surface area contributed by atoms with Crippen LogP contribution in [-0.4, -0.2) is 31.1 Å². The Morgan fingerprint density at radius 2 is 1.67 bits per heavy atom. The molecule has 0 spiro atoms. The van der Waals surface area contributed by atoms with Gasteiger partial charge in [0, 0.05) is 29.2 Å². The van der Waals surface area contributed by atoms with Crippen LogP contribution in [0.3, 0.4) is 0 Å². The molecule has 1 aliphatic rings. The molecule has 1 saturated carbocycles. The molecule has 0 aliphatic heterocycles. The van der Waals surface area contributed by atoms with Crippen molar-refractivity contribution < 1.29 is 0 Å². The Hall–Kier alpha value is 0.01000. The van der Waals surface area contributed by atoms with E-state index in [2.05, 4.69) is 24.3 Å². The number of hydrogen-bond donors (Lipinski definition) is 1. The summed E-state index contributed by atoms with van der Waals surface area (Å²) in [5.74, 6) is 0. The maximum absolute atomic E-state index is 6.25. The number of nitrogens with zero attached hydrogens (tertiary/aromatic N) is 1. The molecule has 5 heteroatoms. The van der Waals surface area contributed by atoms with Gasteiger partial charge in [-0.3, -0.25) is 0 Å². The largest absolute Gasteiger partial charge is 0.311 e. The molecule has 0 saturated heterocycles. The fourth-order valence-corrected chi connectivity index (χ4v) is 3.82. The first-order chi connectivity index (χ1) is 9.96. The number of likely N-dealkylation sites (N-methyl/N-ethyl adjacent to an activating group) is 1. The van der Waals surface area contributed by atoms with Crippen LogP contribution >= 0.6 is 34.8 Å². The van der Waals surface area contributed by atoms with Crippen LogP contribution in [0.1, 0.15) is 37.7 Å². The van der Waals surface area contributed by atoms with Crippen LogP contribution in [0.4, 0.5) is 0 Å². The molecule has 1 N–H and O–H groups in total. The summed E-state index contributed by atoms with van der Waals surface area (Å²) in [6.45, 7) is 1.59. The summed E-state index contributed by atoms with van der Waals surface area (Å²) in [4.78, 5) is 2.36. The van der Waals surface area contributed by atoms with Gasteiger partial charge in [0.25, 0.3) is 0 Å². The Balaban J connectivity index is 2.01. The number of nitrogens with one attached hydrogen (secondary N) is 1. The summed E-state index contributed by atoms with van der Waals surface area (Å²) in [6, 6.07) is 3.53. The van der Waals surface area contributed by atoms with Crippen LogP contribution in [-0.2, 0) is 6.54 Å². The molecular weight excluding hydrogens is 327 g/mol. The van der Waals surface area contributed by atoms with Gasteiger partial charge in [0.05, 0.1) is 10.0 Å². The first-order valence-electron chi connectivity index (χ1n) is 7.47. The van der Waals surface area contributed by atoms with Gasteiger partial charge in [0.15, 0.2) is 0 Å². The highest BCUT2D eigenvalue weighted by Gasteiger charge is 2.33. The lowest BCUT2D eigenvalue weighted by molar-refractivity contribution is 0.0984. The van der Waals surface area contributed by atoms with Crippen molar-refractivity contribution in [3.05, 3.63) is 32.8 Å². The summed E-state index contributed by atoms with van der Waals surface area (Å²) < 4.78 is 0. The summed E-state index contributed by atoms with van der Waals surface area (Å²) in [5.41, 5.74) is 1.13. The maximum Gasteiger partial charge on any atom is 0.0652 e. The highest BCUT2D eigenvalue weighted by atomic mass is 35.5. The van der Waals surface area contributed by atoms with E-state index in [0.717, 1.165) is 12.1 Å². The standard InChI is InChI=1S/C16H23Cl3N2/c1-21(2)16(8-4-3-5-9-16)11-20-10-12-13(17)6-7-14(18)15(12)19/h6-7,20H,3-5,8-11H2,1-2H3. The van der Waals surface area contributed by atoms with Crippen molar-refractivity contribution in [3.8, 4) is 0 Å². The minimum atomic E-state index is 0.246. The normalized spacial score (nSPS) is 18.2. The average Bonchev–Trinajstić information content (AvgIpc) is 2.47. The van der Waals surface area contributed by atoms with E-state index in [1.165, 1.54) is 32.1 Å². The van der Waals surface area contributed by atoms with Crippen molar-refractivity contribution in [1.29, 1.82) is 0 Å². The van der Waals surface area contributed by atoms with Gasteiger partial charge in [-0.25, -0.2) is 0 Å². The maximum atomic E-state index is 6.25. The van der Waals surface area contributed by atoms with E-state index in [1.54, 1.807) is 12.1 Å². The molecule has 21 heavy (non-hydrogen) atoms. The van der Waals surface area contributed by atoms with Crippen LogP contribution in [0.2, 0.25) is 15.1 Å². The number of rotatable bonds is 5. The molecule has 0 heterocycles. The predicted octanol–water partition coefficient (Wildman–Crippen LogP) is 5.00. The molecule has 0 atom stereocenters. The topological polar surface area (TPSA) is 15.3 Å². The first-order valence-corrected chi connectivity index (χ1v) is 8.60. The van der Waals surface area contributed by atoms with E-state index in [4.69, 9.17) is 34.8 Å². The van der Waals surface area contributed by atoms with Gasteiger partial charge in [-0.05, 0) is 39.1 Å². The van der Waals surface area contributed by atoms with Gasteiger partial charge in [-0.1, -0.05) is 54.1 Å². The van der Waals surface area contributed by atoms with E-state index in [-0.39, 0.29) is 5.54 Å². The monoisotopic (exact) mass is 348 g/mol. The predicted molar refractivity (Wildman–Crippen MR) is 92.7 cm³/mol. The second-order valence-corrected chi connectivity index (χ2v) is 7.30. The van der Waals surface area contributed by atoms with Crippen LogP contribution in [0, 0.1) is 0 Å². The smallest absolute Gasteiger partial charge is 0.0652 e. The average molecular weight is 350 g/mol. The molecular formula is C16H23Cl3N2. The number of hydrogen-bond acceptors (Lipinski definition) is 2. The van der Waals surface area contributed by atoms with Gasteiger partial charge in [0.2, 0.25) is 0 Å². The Labute approximate surface area is 142 Å². The molecule has 2 rings (SSSR count). The Morgan fingerprint density at radius 1 is 1.05 bits per heavy atom. The van der Waals surface area contributed by atoms with Gasteiger partial charge in [0.1, 0.15) is 0 Å². The minimum Gasteiger partial charge on any atom is -0.311 e. The lowest BCUT2D eigenvalue weighted by atomic mass is 9.80. The zero-order valence-electron chi connectivity index (χ0n) is 12.7. The van der Waals surface area contributed by atoms with E-state index in [0.29, 0.717) is 21.6 Å². The Bertz CT molecular complexity index is 483. The van der Waals surface area contributed by atoms with Crippen molar-refractivity contribution in [1.82, 2.24) is 10.2 Å². The molecule has 0 aromatic heterocycles. The van der Waals surface area contributed by atoms with E-state index >= 15 is 0 Å². The fourth-order valence-electron chi connectivity index (χ4n) is 3.14. The molecule has 0 radical (unpaired) electrons. The van der Waals surface area contributed by atoms with Crippen molar-refractivity contribution in [2.24, 2.45) is 0 Å². The Kier molecular flexibility index (Phi) is 6.22. The summed E-state index contributed by atoms with van der Waals surface area (Å²) >= 11 is 18.5. The molecule has 1 aliphatic carbocycles. The van der Waals surface area contributed by atoms with Gasteiger partial charge in [-0.15, -0.1) is 0 Å². The van der Waals surface area contributed by atoms with Crippen molar-refractivity contribution in [3.63, 3.8) is 0 Å². The third-order valence-corrected chi connectivity index (χ3v) is 5.83. The second-order valence-electron chi connectivity index (χ2n) is 6.10. The summed E-state index contributed by atoms with van der Waals surface area (Å²) in [6.07, 6.45) is 6.44. The molecule has 0 bridgehead atoms. The molecule has 1 aromatic rings. The van der Waals surface area contributed by atoms with E-state index in [1.807, 2.05) is 0 Å². The molecule has 1 fully saturated rings. The van der Waals surface area contributed by atoms with Gasteiger partial charge < -0.3 is 10.2 Å². The lowest BCUT2D eigenvalue weighted by Gasteiger charge is -2.43. The molecule has 2 nitrogen and oxygen atoms in total. The Morgan fingerprint density at radius 3 is 2.29 bits per heavy atom. The van der Waals surface area contributed by atoms with E-state index < -0.39 is 0 Å². The van der Waals surface area contributed by atoms with Crippen LogP contribution in [0.5, 0.6) is 0 Å². The highest BCUT2D eigenvalue weighted by Crippen LogP contribution is 2.33. The van der Waals surface area contributed by atoms with Gasteiger partial charge >= 0.3 is 0 Å². The quantitative estimate of drug-likeness (QED) is 0.752. The van der Waals surface area contributed by atoms with Crippen LogP contribution in [0.15, 0.2) is 12.1 Å². The minimum absolute atomic E-state index is 0.246. The van der Waals surface area contributed by atoms with Gasteiger partial charge in [-0.2, -0.15) is 0 Å². The summed E-state index contributed by atoms with van der Waals surface area (Å²) in [7, 11) is 4.35.